The van der Waals surface area contributed by atoms with Crippen LogP contribution in [-0.4, -0.2) is 25.7 Å². The molecule has 0 saturated carbocycles. The number of carbonyl (C=O) groups is 1. The molecule has 0 saturated heterocycles. The minimum Gasteiger partial charge on any atom is -0.494 e. The van der Waals surface area contributed by atoms with Crippen LogP contribution in [0.4, 0.5) is 15.8 Å². The number of nitrogens with two attached hydrogens (primary N) is 1. The van der Waals surface area contributed by atoms with E-state index in [4.69, 9.17) is 15.2 Å². The molecule has 5 nitrogen and oxygen atoms in total. The number of nitrogen functional groups attached to an aromatic ring is 1. The lowest BCUT2D eigenvalue weighted by Gasteiger charge is -2.16. The molecule has 18 heavy (non-hydrogen) atoms. The molecule has 0 aliphatic carbocycles. The molecule has 6 heteroatoms. The van der Waals surface area contributed by atoms with E-state index in [2.05, 4.69) is 5.32 Å². The summed E-state index contributed by atoms with van der Waals surface area (Å²) in [7, 11) is 1.35. The molecule has 0 aromatic heterocycles. The Hall–Kier alpha value is -1.98. The number of rotatable bonds is 5. The molecule has 1 unspecified atom stereocenters. The Morgan fingerprint density at radius 3 is 2.78 bits per heavy atom. The second-order valence-electron chi connectivity index (χ2n) is 3.69. The van der Waals surface area contributed by atoms with Crippen LogP contribution in [0.1, 0.15) is 13.8 Å². The van der Waals surface area contributed by atoms with Gasteiger partial charge in [0.2, 0.25) is 0 Å². The van der Waals surface area contributed by atoms with E-state index in [1.807, 2.05) is 0 Å². The summed E-state index contributed by atoms with van der Waals surface area (Å²) in [6.07, 6.45) is 0. The maximum atomic E-state index is 13.3. The molecule has 0 fully saturated rings. The Labute approximate surface area is 105 Å². The van der Waals surface area contributed by atoms with Crippen molar-refractivity contribution in [2.45, 2.75) is 19.9 Å². The fourth-order valence-electron chi connectivity index (χ4n) is 1.41. The first-order valence-corrected chi connectivity index (χ1v) is 5.55. The van der Waals surface area contributed by atoms with E-state index >= 15 is 0 Å². The first kappa shape index (κ1) is 14.1. The quantitative estimate of drug-likeness (QED) is 0.620. The third kappa shape index (κ3) is 3.26. The van der Waals surface area contributed by atoms with Gasteiger partial charge in [-0.05, 0) is 13.8 Å². The maximum Gasteiger partial charge on any atom is 0.328 e. The third-order valence-corrected chi connectivity index (χ3v) is 2.34. The zero-order valence-corrected chi connectivity index (χ0v) is 10.6. The minimum absolute atomic E-state index is 0.0581. The van der Waals surface area contributed by atoms with Gasteiger partial charge in [-0.25, -0.2) is 9.18 Å². The summed E-state index contributed by atoms with van der Waals surface area (Å²) in [5.74, 6) is -0.896. The highest BCUT2D eigenvalue weighted by Crippen LogP contribution is 2.28. The zero-order valence-electron chi connectivity index (χ0n) is 10.6. The standard InChI is InChI=1S/C12H17FN2O3/c1-4-18-12(16)7(2)15-10-6-11(17-3)8(13)5-9(10)14/h5-7,15H,4,14H2,1-3H3. The van der Waals surface area contributed by atoms with Crippen LogP contribution in [0.5, 0.6) is 5.75 Å². The van der Waals surface area contributed by atoms with Gasteiger partial charge >= 0.3 is 5.97 Å². The number of anilines is 2. The third-order valence-electron chi connectivity index (χ3n) is 2.34. The summed E-state index contributed by atoms with van der Waals surface area (Å²) in [5.41, 5.74) is 6.28. The molecule has 1 aromatic carbocycles. The van der Waals surface area contributed by atoms with E-state index < -0.39 is 17.8 Å². The van der Waals surface area contributed by atoms with Crippen LogP contribution < -0.4 is 15.8 Å². The molecule has 0 heterocycles. The van der Waals surface area contributed by atoms with Gasteiger partial charge in [-0.2, -0.15) is 0 Å². The van der Waals surface area contributed by atoms with Crippen molar-refractivity contribution in [3.05, 3.63) is 17.9 Å². The number of halogens is 1. The van der Waals surface area contributed by atoms with Gasteiger partial charge in [0.05, 0.1) is 25.1 Å². The van der Waals surface area contributed by atoms with Gasteiger partial charge in [0.25, 0.3) is 0 Å². The minimum atomic E-state index is -0.581. The van der Waals surface area contributed by atoms with Crippen molar-refractivity contribution >= 4 is 17.3 Å². The lowest BCUT2D eigenvalue weighted by atomic mass is 10.2. The molecule has 0 bridgehead atoms. The van der Waals surface area contributed by atoms with Crippen molar-refractivity contribution in [2.24, 2.45) is 0 Å². The Kier molecular flexibility index (Phi) is 4.76. The average molecular weight is 256 g/mol. The second-order valence-corrected chi connectivity index (χ2v) is 3.69. The lowest BCUT2D eigenvalue weighted by Crippen LogP contribution is -2.28. The number of ether oxygens (including phenoxy) is 2. The zero-order chi connectivity index (χ0) is 13.7. The van der Waals surface area contributed by atoms with Gasteiger partial charge in [0, 0.05) is 12.1 Å². The SMILES string of the molecule is CCOC(=O)C(C)Nc1cc(OC)c(F)cc1N. The van der Waals surface area contributed by atoms with Gasteiger partial charge < -0.3 is 20.5 Å². The van der Waals surface area contributed by atoms with E-state index in [0.717, 1.165) is 6.07 Å². The molecule has 1 atom stereocenters. The Bertz CT molecular complexity index is 438. The highest BCUT2D eigenvalue weighted by molar-refractivity contribution is 5.81. The number of esters is 1. The van der Waals surface area contributed by atoms with Crippen molar-refractivity contribution in [3.63, 3.8) is 0 Å². The van der Waals surface area contributed by atoms with Crippen LogP contribution in [0, 0.1) is 5.82 Å². The summed E-state index contributed by atoms with van der Waals surface area (Å²) < 4.78 is 23.0. The van der Waals surface area contributed by atoms with Crippen molar-refractivity contribution in [2.75, 3.05) is 24.8 Å². The van der Waals surface area contributed by atoms with Gasteiger partial charge in [0.15, 0.2) is 11.6 Å². The number of hydrogen-bond acceptors (Lipinski definition) is 5. The number of hydrogen-bond donors (Lipinski definition) is 2. The van der Waals surface area contributed by atoms with Gasteiger partial charge in [-0.1, -0.05) is 0 Å². The molecule has 0 radical (unpaired) electrons. The van der Waals surface area contributed by atoms with Gasteiger partial charge in [0.1, 0.15) is 6.04 Å². The highest BCUT2D eigenvalue weighted by Gasteiger charge is 2.16. The summed E-state index contributed by atoms with van der Waals surface area (Å²) in [4.78, 5) is 11.4. The number of carbonyl (C=O) groups excluding carboxylic acids is 1. The largest absolute Gasteiger partial charge is 0.494 e. The molecule has 0 aliphatic heterocycles. The van der Waals surface area contributed by atoms with Crippen molar-refractivity contribution in [3.8, 4) is 5.75 Å². The van der Waals surface area contributed by atoms with Crippen molar-refractivity contribution < 1.29 is 18.7 Å². The van der Waals surface area contributed by atoms with Crippen molar-refractivity contribution in [1.82, 2.24) is 0 Å². The predicted octanol–water partition coefficient (Wildman–Crippen LogP) is 1.78. The van der Waals surface area contributed by atoms with Crippen LogP contribution >= 0.6 is 0 Å². The van der Waals surface area contributed by atoms with Gasteiger partial charge in [-0.15, -0.1) is 0 Å². The van der Waals surface area contributed by atoms with E-state index in [1.165, 1.54) is 13.2 Å². The van der Waals surface area contributed by atoms with E-state index in [9.17, 15) is 9.18 Å². The van der Waals surface area contributed by atoms with Crippen LogP contribution in [0.3, 0.4) is 0 Å². The maximum absolute atomic E-state index is 13.3. The molecule has 3 N–H and O–H groups in total. The number of benzene rings is 1. The second kappa shape index (κ2) is 6.09. The lowest BCUT2D eigenvalue weighted by molar-refractivity contribution is -0.143. The van der Waals surface area contributed by atoms with E-state index in [1.54, 1.807) is 13.8 Å². The summed E-state index contributed by atoms with van der Waals surface area (Å²) in [5, 5.41) is 2.85. The van der Waals surface area contributed by atoms with Crippen LogP contribution in [-0.2, 0) is 9.53 Å². The van der Waals surface area contributed by atoms with Gasteiger partial charge in [-0.3, -0.25) is 0 Å². The molecular formula is C12H17FN2O3. The van der Waals surface area contributed by atoms with Crippen LogP contribution in [0.15, 0.2) is 12.1 Å². The summed E-state index contributed by atoms with van der Waals surface area (Å²) >= 11 is 0. The Morgan fingerprint density at radius 1 is 1.56 bits per heavy atom. The topological polar surface area (TPSA) is 73.6 Å². The molecular weight excluding hydrogens is 239 g/mol. The Balaban J connectivity index is 2.87. The van der Waals surface area contributed by atoms with Crippen LogP contribution in [0.25, 0.3) is 0 Å². The molecule has 0 aliphatic rings. The molecule has 100 valence electrons. The van der Waals surface area contributed by atoms with Crippen LogP contribution in [0.2, 0.25) is 0 Å². The first-order valence-electron chi connectivity index (χ1n) is 5.55. The average Bonchev–Trinajstić information content (AvgIpc) is 2.32. The monoisotopic (exact) mass is 256 g/mol. The van der Waals surface area contributed by atoms with E-state index in [0.29, 0.717) is 12.3 Å². The normalized spacial score (nSPS) is 11.8. The fourth-order valence-corrected chi connectivity index (χ4v) is 1.41. The number of nitrogens with one attached hydrogen (secondary N) is 1. The predicted molar refractivity (Wildman–Crippen MR) is 67.1 cm³/mol. The fraction of sp³-hybridized carbons (Fsp3) is 0.417. The molecule has 1 aromatic rings. The first-order chi connectivity index (χ1) is 8.49. The Morgan fingerprint density at radius 2 is 2.22 bits per heavy atom. The summed E-state index contributed by atoms with van der Waals surface area (Å²) in [6.45, 7) is 3.65. The van der Waals surface area contributed by atoms with E-state index in [-0.39, 0.29) is 11.4 Å². The highest BCUT2D eigenvalue weighted by atomic mass is 19.1. The molecule has 1 rings (SSSR count). The summed E-state index contributed by atoms with van der Waals surface area (Å²) in [6, 6.07) is 1.96. The van der Waals surface area contributed by atoms with Crippen molar-refractivity contribution in [1.29, 1.82) is 0 Å². The smallest absolute Gasteiger partial charge is 0.328 e. The number of methoxy groups -OCH3 is 1. The molecule has 0 spiro atoms. The molecule has 0 amide bonds.